The summed E-state index contributed by atoms with van der Waals surface area (Å²) in [6, 6.07) is 20.0. The second-order valence-electron chi connectivity index (χ2n) is 16.4. The maximum absolute atomic E-state index is 14.9. The van der Waals surface area contributed by atoms with Crippen LogP contribution in [-0.2, 0) is 17.8 Å². The standard InChI is InChI=1S/C35H59O4PSi3/c1-34(2,3)42(10,11)37-31-26-28(27-32(33(31)39-41(7,8)9)38-43(12,13)35(4,5)6)24-25-40(36,29-20-16-14-17-21-29)30-22-18-15-19-23-30/h14-24,31-33H,25-27H2,1-13H3/t31-,32+,33?. The zero-order valence-corrected chi connectivity index (χ0v) is 33.2. The average Bonchev–Trinajstić information content (AvgIpc) is 2.88. The minimum Gasteiger partial charge on any atom is -0.411 e. The molecule has 43 heavy (non-hydrogen) atoms. The lowest BCUT2D eigenvalue weighted by Gasteiger charge is -2.49. The first-order valence-electron chi connectivity index (χ1n) is 16.0. The van der Waals surface area contributed by atoms with Crippen molar-refractivity contribution in [2.75, 3.05) is 6.16 Å². The van der Waals surface area contributed by atoms with Crippen LogP contribution in [0, 0.1) is 0 Å². The van der Waals surface area contributed by atoms with E-state index in [0.717, 1.165) is 23.5 Å². The Labute approximate surface area is 266 Å². The van der Waals surface area contributed by atoms with E-state index in [1.165, 1.54) is 5.57 Å². The Morgan fingerprint density at radius 2 is 1.05 bits per heavy atom. The zero-order valence-electron chi connectivity index (χ0n) is 29.3. The summed E-state index contributed by atoms with van der Waals surface area (Å²) in [7, 11) is -9.04. The quantitative estimate of drug-likeness (QED) is 0.145. The van der Waals surface area contributed by atoms with Gasteiger partial charge >= 0.3 is 0 Å². The van der Waals surface area contributed by atoms with Crippen LogP contribution in [0.15, 0.2) is 72.3 Å². The van der Waals surface area contributed by atoms with Crippen molar-refractivity contribution in [3.8, 4) is 0 Å². The summed E-state index contributed by atoms with van der Waals surface area (Å²) < 4.78 is 36.3. The third kappa shape index (κ3) is 9.25. The van der Waals surface area contributed by atoms with Crippen LogP contribution >= 0.6 is 7.14 Å². The molecule has 0 aliphatic heterocycles. The Morgan fingerprint density at radius 3 is 1.37 bits per heavy atom. The fourth-order valence-electron chi connectivity index (χ4n) is 5.08. The minimum absolute atomic E-state index is 0.0736. The van der Waals surface area contributed by atoms with Crippen molar-refractivity contribution in [2.45, 2.75) is 129 Å². The van der Waals surface area contributed by atoms with Gasteiger partial charge in [-0.15, -0.1) is 0 Å². The highest BCUT2D eigenvalue weighted by Crippen LogP contribution is 2.47. The van der Waals surface area contributed by atoms with Crippen LogP contribution in [0.25, 0.3) is 0 Å². The van der Waals surface area contributed by atoms with Crippen molar-refractivity contribution in [3.05, 3.63) is 72.3 Å². The van der Waals surface area contributed by atoms with Crippen LogP contribution in [0.2, 0.25) is 55.9 Å². The highest BCUT2D eigenvalue weighted by molar-refractivity contribution is 7.78. The van der Waals surface area contributed by atoms with E-state index in [1.54, 1.807) is 0 Å². The van der Waals surface area contributed by atoms with E-state index in [9.17, 15) is 4.57 Å². The molecule has 240 valence electrons. The largest absolute Gasteiger partial charge is 0.411 e. The van der Waals surface area contributed by atoms with Gasteiger partial charge in [-0.2, -0.15) is 0 Å². The summed E-state index contributed by atoms with van der Waals surface area (Å²) in [5, 5.41) is 1.95. The number of benzene rings is 2. The first-order chi connectivity index (χ1) is 19.6. The molecule has 1 fully saturated rings. The molecular weight excluding hydrogens is 600 g/mol. The lowest BCUT2D eigenvalue weighted by Crippen LogP contribution is -2.58. The second-order valence-corrected chi connectivity index (χ2v) is 33.2. The molecule has 0 radical (unpaired) electrons. The van der Waals surface area contributed by atoms with Gasteiger partial charge in [-0.1, -0.05) is 114 Å². The predicted octanol–water partition coefficient (Wildman–Crippen LogP) is 9.72. The van der Waals surface area contributed by atoms with Gasteiger partial charge in [0.25, 0.3) is 0 Å². The molecule has 2 aromatic rings. The number of hydrogen-bond acceptors (Lipinski definition) is 4. The molecule has 8 heteroatoms. The summed E-state index contributed by atoms with van der Waals surface area (Å²) in [6.07, 6.45) is 3.98. The van der Waals surface area contributed by atoms with E-state index in [4.69, 9.17) is 13.3 Å². The molecule has 2 aromatic carbocycles. The van der Waals surface area contributed by atoms with Crippen molar-refractivity contribution in [1.29, 1.82) is 0 Å². The molecular formula is C35H59O4PSi3. The highest BCUT2D eigenvalue weighted by atomic mass is 31.2. The summed E-state index contributed by atoms with van der Waals surface area (Å²) >= 11 is 0. The third-order valence-electron chi connectivity index (χ3n) is 9.64. The van der Waals surface area contributed by atoms with Gasteiger partial charge in [0.2, 0.25) is 0 Å². The van der Waals surface area contributed by atoms with Gasteiger partial charge in [0, 0.05) is 16.8 Å². The van der Waals surface area contributed by atoms with Crippen LogP contribution < -0.4 is 10.6 Å². The molecule has 0 spiro atoms. The summed E-state index contributed by atoms with van der Waals surface area (Å²) in [5.41, 5.74) is 1.27. The topological polar surface area (TPSA) is 44.8 Å². The van der Waals surface area contributed by atoms with E-state index >= 15 is 0 Å². The van der Waals surface area contributed by atoms with Crippen molar-refractivity contribution in [2.24, 2.45) is 0 Å². The first kappa shape index (κ1) is 36.4. The Morgan fingerprint density at radius 1 is 0.674 bits per heavy atom. The van der Waals surface area contributed by atoms with Gasteiger partial charge in [0.1, 0.15) is 7.14 Å². The van der Waals surface area contributed by atoms with Gasteiger partial charge < -0.3 is 17.8 Å². The zero-order chi connectivity index (χ0) is 32.5. The molecule has 0 amide bonds. The van der Waals surface area contributed by atoms with E-state index < -0.39 is 32.1 Å². The van der Waals surface area contributed by atoms with Crippen LogP contribution in [0.4, 0.5) is 0 Å². The molecule has 0 aromatic heterocycles. The Hall–Kier alpha value is -1.06. The Balaban J connectivity index is 2.10. The lowest BCUT2D eigenvalue weighted by molar-refractivity contribution is -0.0502. The smallest absolute Gasteiger partial charge is 0.192 e. The van der Waals surface area contributed by atoms with Gasteiger partial charge in [-0.25, -0.2) is 0 Å². The van der Waals surface area contributed by atoms with Crippen molar-refractivity contribution in [1.82, 2.24) is 0 Å². The fourth-order valence-corrected chi connectivity index (χ4v) is 11.4. The van der Waals surface area contributed by atoms with Crippen molar-refractivity contribution < 1.29 is 17.8 Å². The van der Waals surface area contributed by atoms with E-state index in [0.29, 0.717) is 6.16 Å². The van der Waals surface area contributed by atoms with Crippen LogP contribution in [-0.4, -0.2) is 49.4 Å². The van der Waals surface area contributed by atoms with Crippen LogP contribution in [0.3, 0.4) is 0 Å². The van der Waals surface area contributed by atoms with E-state index in [2.05, 4.69) is 93.4 Å². The number of allylic oxidation sites excluding steroid dienone is 1. The van der Waals surface area contributed by atoms with Gasteiger partial charge in [-0.3, -0.25) is 0 Å². The van der Waals surface area contributed by atoms with Crippen LogP contribution in [0.5, 0.6) is 0 Å². The summed E-state index contributed by atoms with van der Waals surface area (Å²) in [6.45, 7) is 29.9. The highest BCUT2D eigenvalue weighted by Gasteiger charge is 2.49. The maximum Gasteiger partial charge on any atom is 0.192 e. The molecule has 0 N–H and O–H groups in total. The van der Waals surface area contributed by atoms with Crippen molar-refractivity contribution >= 4 is 42.7 Å². The average molecular weight is 659 g/mol. The normalized spacial score (nSPS) is 22.2. The fraction of sp³-hybridized carbons (Fsp3) is 0.600. The molecule has 3 atom stereocenters. The number of hydrogen-bond donors (Lipinski definition) is 0. The molecule has 1 saturated carbocycles. The van der Waals surface area contributed by atoms with Gasteiger partial charge in [-0.05, 0) is 68.7 Å². The van der Waals surface area contributed by atoms with Gasteiger partial charge in [0.05, 0.1) is 18.3 Å². The van der Waals surface area contributed by atoms with Crippen LogP contribution in [0.1, 0.15) is 54.4 Å². The third-order valence-corrected chi connectivity index (χ3v) is 22.6. The maximum atomic E-state index is 14.9. The number of rotatable bonds is 10. The molecule has 1 aliphatic rings. The van der Waals surface area contributed by atoms with Gasteiger partial charge in [0.15, 0.2) is 25.0 Å². The van der Waals surface area contributed by atoms with E-state index in [-0.39, 0.29) is 28.4 Å². The Kier molecular flexibility index (Phi) is 11.3. The molecule has 0 saturated heterocycles. The molecule has 4 nitrogen and oxygen atoms in total. The minimum atomic E-state index is -2.88. The summed E-state index contributed by atoms with van der Waals surface area (Å²) in [5.74, 6) is 0. The SMILES string of the molecule is CC(C)(C)[Si](C)(C)O[C@H]1CC(=CCP(=O)(c2ccccc2)c2ccccc2)C[C@@H](O[Si](C)(C)C(C)(C)C)C1O[Si](C)(C)C. The molecule has 1 aliphatic carbocycles. The monoisotopic (exact) mass is 658 g/mol. The molecule has 0 bridgehead atoms. The molecule has 0 heterocycles. The summed E-state index contributed by atoms with van der Waals surface area (Å²) in [4.78, 5) is 0. The molecule has 1 unspecified atom stereocenters. The first-order valence-corrected chi connectivity index (χ1v) is 27.1. The lowest BCUT2D eigenvalue weighted by atomic mass is 9.88. The van der Waals surface area contributed by atoms with E-state index in [1.807, 2.05) is 60.7 Å². The van der Waals surface area contributed by atoms with Crippen molar-refractivity contribution in [3.63, 3.8) is 0 Å². The molecule has 3 rings (SSSR count). The second kappa shape index (κ2) is 13.4. The Bertz CT molecular complexity index is 1190. The predicted molar refractivity (Wildman–Crippen MR) is 194 cm³/mol.